The molecule has 15 heteroatoms. The normalized spacial score (nSPS) is 12.7. The summed E-state index contributed by atoms with van der Waals surface area (Å²) in [5.74, 6) is -1.58. The Bertz CT molecular complexity index is 1580. The molecule has 0 unspecified atom stereocenters. The van der Waals surface area contributed by atoms with E-state index >= 15 is 0 Å². The molecule has 4 N–H and O–H groups in total. The van der Waals surface area contributed by atoms with Gasteiger partial charge in [0.2, 0.25) is 27.7 Å². The molecule has 0 aliphatic carbocycles. The van der Waals surface area contributed by atoms with E-state index in [9.17, 15) is 22.8 Å². The number of esters is 1. The van der Waals surface area contributed by atoms with Gasteiger partial charge in [-0.1, -0.05) is 56.6 Å². The van der Waals surface area contributed by atoms with Gasteiger partial charge in [-0.25, -0.2) is 8.42 Å². The van der Waals surface area contributed by atoms with Crippen LogP contribution in [0.4, 0.5) is 11.6 Å². The topological polar surface area (TPSA) is 182 Å². The molecule has 3 rings (SSSR count). The van der Waals surface area contributed by atoms with Crippen molar-refractivity contribution in [2.24, 2.45) is 5.41 Å². The zero-order chi connectivity index (χ0) is 33.4. The van der Waals surface area contributed by atoms with Crippen molar-refractivity contribution in [3.05, 3.63) is 70.6 Å². The van der Waals surface area contributed by atoms with Gasteiger partial charge in [-0.15, -0.1) is 0 Å². The van der Waals surface area contributed by atoms with Crippen molar-refractivity contribution in [2.75, 3.05) is 18.5 Å². The van der Waals surface area contributed by atoms with E-state index in [0.717, 1.165) is 11.3 Å². The minimum atomic E-state index is -4.05. The molecule has 1 atom stereocenters. The molecule has 244 valence electrons. The van der Waals surface area contributed by atoms with E-state index in [0.29, 0.717) is 22.4 Å². The van der Waals surface area contributed by atoms with E-state index in [1.807, 2.05) is 20.8 Å². The average Bonchev–Trinajstić information content (AvgIpc) is 3.43. The second-order valence-electron chi connectivity index (χ2n) is 12.4. The van der Waals surface area contributed by atoms with E-state index in [-0.39, 0.29) is 12.0 Å². The van der Waals surface area contributed by atoms with Gasteiger partial charge in [0, 0.05) is 22.7 Å². The molecule has 0 aliphatic rings. The summed E-state index contributed by atoms with van der Waals surface area (Å²) in [4.78, 5) is 42.1. The van der Waals surface area contributed by atoms with Crippen LogP contribution >= 0.6 is 11.6 Å². The van der Waals surface area contributed by atoms with Gasteiger partial charge in [0.15, 0.2) is 0 Å². The van der Waals surface area contributed by atoms with Crippen LogP contribution in [0.15, 0.2) is 53.1 Å². The van der Waals surface area contributed by atoms with Crippen LogP contribution in [0.1, 0.15) is 58.6 Å². The fourth-order valence-corrected chi connectivity index (χ4v) is 5.01. The molecule has 0 saturated carbocycles. The molecular formula is C30H39ClN6O7S. The van der Waals surface area contributed by atoms with Crippen molar-refractivity contribution in [3.63, 3.8) is 0 Å². The smallest absolute Gasteiger partial charge is 0.311 e. The lowest BCUT2D eigenvalue weighted by molar-refractivity contribution is -0.154. The predicted octanol–water partition coefficient (Wildman–Crippen LogP) is 3.57. The Morgan fingerprint density at radius 2 is 1.56 bits per heavy atom. The minimum Gasteiger partial charge on any atom is -0.463 e. The maximum atomic E-state index is 13.0. The highest BCUT2D eigenvalue weighted by atomic mass is 35.5. The number of nitrogens with one attached hydrogen (secondary N) is 4. The average molecular weight is 663 g/mol. The van der Waals surface area contributed by atoms with Gasteiger partial charge in [-0.05, 0) is 61.3 Å². The number of benzene rings is 2. The fraction of sp³-hybridized carbons (Fsp3) is 0.433. The van der Waals surface area contributed by atoms with Crippen molar-refractivity contribution < 1.29 is 32.1 Å². The van der Waals surface area contributed by atoms with Crippen LogP contribution in [0.2, 0.25) is 5.02 Å². The number of nitrogens with zero attached hydrogens (tertiary/aromatic N) is 2. The lowest BCUT2D eigenvalue weighted by atomic mass is 9.97. The van der Waals surface area contributed by atoms with Crippen molar-refractivity contribution in [3.8, 4) is 0 Å². The second kappa shape index (κ2) is 14.8. The van der Waals surface area contributed by atoms with Crippen LogP contribution in [-0.4, -0.2) is 55.5 Å². The first-order valence-corrected chi connectivity index (χ1v) is 16.1. The Hall–Kier alpha value is -4.01. The summed E-state index contributed by atoms with van der Waals surface area (Å²) in [6.07, 6.45) is 0. The summed E-state index contributed by atoms with van der Waals surface area (Å²) in [7, 11) is -4.05. The lowest BCUT2D eigenvalue weighted by Crippen LogP contribution is -2.51. The molecule has 0 spiro atoms. The summed E-state index contributed by atoms with van der Waals surface area (Å²) < 4.78 is 38.5. The number of anilines is 2. The number of sulfonamides is 1. The summed E-state index contributed by atoms with van der Waals surface area (Å²) in [6.45, 7) is 9.95. The van der Waals surface area contributed by atoms with E-state index in [2.05, 4.69) is 30.8 Å². The zero-order valence-electron chi connectivity index (χ0n) is 26.1. The fourth-order valence-electron chi connectivity index (χ4n) is 3.56. The monoisotopic (exact) mass is 662 g/mol. The second-order valence-corrected chi connectivity index (χ2v) is 14.6. The third kappa shape index (κ3) is 11.8. The van der Waals surface area contributed by atoms with E-state index in [1.54, 1.807) is 69.3 Å². The Morgan fingerprint density at radius 3 is 2.13 bits per heavy atom. The van der Waals surface area contributed by atoms with Crippen LogP contribution in [-0.2, 0) is 46.9 Å². The van der Waals surface area contributed by atoms with Crippen molar-refractivity contribution in [1.82, 2.24) is 25.5 Å². The van der Waals surface area contributed by atoms with Crippen molar-refractivity contribution >= 4 is 51.0 Å². The number of carbonyl (C=O) groups excluding carboxylic acids is 3. The number of hydrogen-bond acceptors (Lipinski definition) is 10. The first-order valence-electron chi connectivity index (χ1n) is 14.1. The largest absolute Gasteiger partial charge is 0.463 e. The molecule has 0 aliphatic heterocycles. The van der Waals surface area contributed by atoms with Crippen LogP contribution in [0.5, 0.6) is 0 Å². The molecule has 0 radical (unpaired) electrons. The molecule has 0 saturated heterocycles. The van der Waals surface area contributed by atoms with Crippen LogP contribution in [0.25, 0.3) is 0 Å². The zero-order valence-corrected chi connectivity index (χ0v) is 27.6. The third-order valence-electron chi connectivity index (χ3n) is 6.09. The Balaban J connectivity index is 1.54. The molecule has 3 aromatic rings. The quantitative estimate of drug-likeness (QED) is 0.198. The molecule has 1 aromatic heterocycles. The van der Waals surface area contributed by atoms with Gasteiger partial charge in [-0.2, -0.15) is 9.71 Å². The summed E-state index contributed by atoms with van der Waals surface area (Å²) in [5, 5.41) is 12.5. The summed E-state index contributed by atoms with van der Waals surface area (Å²) >= 11 is 5.87. The minimum absolute atomic E-state index is 0.172. The van der Waals surface area contributed by atoms with Crippen LogP contribution in [0, 0.1) is 5.41 Å². The van der Waals surface area contributed by atoms with Crippen molar-refractivity contribution in [2.45, 2.75) is 65.3 Å². The van der Waals surface area contributed by atoms with Gasteiger partial charge >= 0.3 is 5.97 Å². The number of rotatable bonds is 13. The van der Waals surface area contributed by atoms with E-state index in [1.165, 1.54) is 0 Å². The van der Waals surface area contributed by atoms with E-state index < -0.39 is 58.2 Å². The van der Waals surface area contributed by atoms with Crippen LogP contribution in [0.3, 0.4) is 0 Å². The van der Waals surface area contributed by atoms with E-state index in [4.69, 9.17) is 20.9 Å². The van der Waals surface area contributed by atoms with Gasteiger partial charge in [0.25, 0.3) is 5.95 Å². The number of halogens is 1. The number of ether oxygens (including phenoxy) is 1. The summed E-state index contributed by atoms with van der Waals surface area (Å²) in [5.41, 5.74) is 0.785. The predicted molar refractivity (Wildman–Crippen MR) is 169 cm³/mol. The van der Waals surface area contributed by atoms with Gasteiger partial charge < -0.3 is 25.2 Å². The number of hydrogen-bond donors (Lipinski definition) is 4. The Kier molecular flexibility index (Phi) is 11.7. The van der Waals surface area contributed by atoms with Crippen LogP contribution < -0.4 is 20.7 Å². The lowest BCUT2D eigenvalue weighted by Gasteiger charge is -2.21. The third-order valence-corrected chi connectivity index (χ3v) is 7.70. The highest BCUT2D eigenvalue weighted by Gasteiger charge is 2.30. The maximum absolute atomic E-state index is 13.0. The summed E-state index contributed by atoms with van der Waals surface area (Å²) in [6, 6.07) is 11.9. The molecule has 2 amide bonds. The molecular weight excluding hydrogens is 624 g/mol. The molecule has 13 nitrogen and oxygen atoms in total. The first-order chi connectivity index (χ1) is 20.9. The molecule has 45 heavy (non-hydrogen) atoms. The molecule has 0 fully saturated rings. The number of aromatic nitrogens is 2. The van der Waals surface area contributed by atoms with Gasteiger partial charge in [0.05, 0.1) is 17.7 Å². The van der Waals surface area contributed by atoms with Gasteiger partial charge in [-0.3, -0.25) is 14.4 Å². The molecule has 0 bridgehead atoms. The Labute approximate surface area is 267 Å². The SMILES string of the molecule is CC(C)(C)C(=O)OC[C@@H](NS(=O)(=O)Cc1ccc(Cl)cc1)C(=O)NCC(=O)NCc1ccc(Nc2noc(C(C)(C)C)n2)cc1. The highest BCUT2D eigenvalue weighted by Crippen LogP contribution is 2.22. The molecule has 2 aromatic carbocycles. The van der Waals surface area contributed by atoms with Gasteiger partial charge in [0.1, 0.15) is 12.6 Å². The maximum Gasteiger partial charge on any atom is 0.311 e. The molecule has 1 heterocycles. The van der Waals surface area contributed by atoms with Crippen molar-refractivity contribution in [1.29, 1.82) is 0 Å². The first kappa shape index (κ1) is 35.5. The number of carbonyl (C=O) groups is 3. The highest BCUT2D eigenvalue weighted by molar-refractivity contribution is 7.88. The number of amides is 2. The Morgan fingerprint density at radius 1 is 0.933 bits per heavy atom. The standard InChI is InChI=1S/C30H39ClN6O7S/c1-29(2,3)26-35-28(36-44-26)34-22-13-9-19(10-14-22)15-32-24(38)16-33-25(39)23(17-43-27(40)30(4,5)6)37-45(41,42)18-20-7-11-21(31)12-8-20/h7-14,23,37H,15-18H2,1-6H3,(H,32,38)(H,33,39)(H,34,36)/t23-/m1/s1.